The molecule has 0 saturated carbocycles. The van der Waals surface area contributed by atoms with Gasteiger partial charge in [-0.3, -0.25) is 4.79 Å². The number of sulfonamides is 1. The highest BCUT2D eigenvalue weighted by molar-refractivity contribution is 7.89. The van der Waals surface area contributed by atoms with Crippen molar-refractivity contribution in [1.82, 2.24) is 9.29 Å². The maximum atomic E-state index is 13.6. The van der Waals surface area contributed by atoms with Crippen LogP contribution in [0.15, 0.2) is 71.6 Å². The van der Waals surface area contributed by atoms with Gasteiger partial charge < -0.3 is 10.4 Å². The molecule has 0 spiro atoms. The Morgan fingerprint density at radius 3 is 2.32 bits per heavy atom. The van der Waals surface area contributed by atoms with Crippen molar-refractivity contribution in [2.75, 3.05) is 11.9 Å². The molecule has 198 valence electrons. The SMILES string of the molecule is CCCCC(C)(C)c1ccc(CN(Cc2cccc(NCC(=O)O)n2)S(=O)(=O)c2ccc(F)cc2)cc1. The van der Waals surface area contributed by atoms with Crippen LogP contribution in [-0.2, 0) is 33.3 Å². The van der Waals surface area contributed by atoms with E-state index in [0.29, 0.717) is 11.5 Å². The van der Waals surface area contributed by atoms with E-state index in [1.807, 2.05) is 24.3 Å². The summed E-state index contributed by atoms with van der Waals surface area (Å²) in [5, 5.41) is 11.6. The van der Waals surface area contributed by atoms with E-state index in [-0.39, 0.29) is 29.9 Å². The molecule has 0 bridgehead atoms. The number of anilines is 1. The molecule has 0 radical (unpaired) electrons. The second-order valence-electron chi connectivity index (χ2n) is 9.67. The summed E-state index contributed by atoms with van der Waals surface area (Å²) in [6, 6.07) is 17.7. The number of hydrogen-bond donors (Lipinski definition) is 2. The average molecular weight is 528 g/mol. The number of unbranched alkanes of at least 4 members (excludes halogenated alkanes) is 1. The van der Waals surface area contributed by atoms with Gasteiger partial charge in [0.1, 0.15) is 18.2 Å². The first-order valence-electron chi connectivity index (χ1n) is 12.3. The predicted octanol–water partition coefficient (Wildman–Crippen LogP) is 5.58. The van der Waals surface area contributed by atoms with Gasteiger partial charge in [-0.15, -0.1) is 0 Å². The van der Waals surface area contributed by atoms with Gasteiger partial charge in [-0.05, 0) is 59.4 Å². The molecule has 2 aromatic carbocycles. The zero-order valence-electron chi connectivity index (χ0n) is 21.4. The number of aliphatic carboxylic acids is 1. The van der Waals surface area contributed by atoms with E-state index in [2.05, 4.69) is 31.1 Å². The lowest BCUT2D eigenvalue weighted by Crippen LogP contribution is -2.31. The number of carbonyl (C=O) groups is 1. The van der Waals surface area contributed by atoms with Crippen molar-refractivity contribution in [1.29, 1.82) is 0 Å². The maximum Gasteiger partial charge on any atom is 0.322 e. The van der Waals surface area contributed by atoms with Crippen molar-refractivity contribution in [2.24, 2.45) is 0 Å². The predicted molar refractivity (Wildman–Crippen MR) is 142 cm³/mol. The van der Waals surface area contributed by atoms with Crippen molar-refractivity contribution in [2.45, 2.75) is 63.4 Å². The van der Waals surface area contributed by atoms with Crippen LogP contribution >= 0.6 is 0 Å². The molecule has 3 aromatic rings. The minimum Gasteiger partial charge on any atom is -0.480 e. The number of pyridine rings is 1. The van der Waals surface area contributed by atoms with Crippen molar-refractivity contribution in [3.8, 4) is 0 Å². The summed E-state index contributed by atoms with van der Waals surface area (Å²) < 4.78 is 41.9. The monoisotopic (exact) mass is 527 g/mol. The van der Waals surface area contributed by atoms with E-state index in [1.165, 1.54) is 22.0 Å². The number of benzene rings is 2. The van der Waals surface area contributed by atoms with Crippen LogP contribution in [0.1, 0.15) is 56.9 Å². The molecule has 0 unspecified atom stereocenters. The first-order valence-corrected chi connectivity index (χ1v) is 13.7. The fourth-order valence-corrected chi connectivity index (χ4v) is 5.42. The molecule has 0 fully saturated rings. The average Bonchev–Trinajstić information content (AvgIpc) is 2.87. The zero-order valence-corrected chi connectivity index (χ0v) is 22.3. The number of carboxylic acids is 1. The molecule has 7 nitrogen and oxygen atoms in total. The lowest BCUT2D eigenvalue weighted by molar-refractivity contribution is -0.134. The number of nitrogens with one attached hydrogen (secondary N) is 1. The van der Waals surface area contributed by atoms with Crippen molar-refractivity contribution >= 4 is 21.8 Å². The first kappa shape index (κ1) is 28.3. The Kier molecular flexibility index (Phi) is 9.39. The number of carboxylic acid groups (broad SMARTS) is 1. The van der Waals surface area contributed by atoms with Crippen LogP contribution in [0.4, 0.5) is 10.2 Å². The van der Waals surface area contributed by atoms with Crippen molar-refractivity contribution in [3.05, 3.63) is 89.4 Å². The lowest BCUT2D eigenvalue weighted by Gasteiger charge is -2.26. The number of aromatic nitrogens is 1. The van der Waals surface area contributed by atoms with Gasteiger partial charge in [-0.2, -0.15) is 4.31 Å². The highest BCUT2D eigenvalue weighted by Crippen LogP contribution is 2.30. The maximum absolute atomic E-state index is 13.6. The molecule has 0 atom stereocenters. The van der Waals surface area contributed by atoms with Crippen LogP contribution in [0.2, 0.25) is 0 Å². The van der Waals surface area contributed by atoms with E-state index < -0.39 is 21.8 Å². The summed E-state index contributed by atoms with van der Waals surface area (Å²) in [4.78, 5) is 15.2. The Balaban J connectivity index is 1.90. The Hall–Kier alpha value is -3.30. The Morgan fingerprint density at radius 1 is 1.03 bits per heavy atom. The smallest absolute Gasteiger partial charge is 0.322 e. The second-order valence-corrected chi connectivity index (χ2v) is 11.6. The lowest BCUT2D eigenvalue weighted by atomic mass is 9.80. The number of hydrogen-bond acceptors (Lipinski definition) is 5. The van der Waals surface area contributed by atoms with E-state index in [0.717, 1.165) is 37.0 Å². The van der Waals surface area contributed by atoms with Crippen LogP contribution in [0.3, 0.4) is 0 Å². The van der Waals surface area contributed by atoms with E-state index in [1.54, 1.807) is 18.2 Å². The van der Waals surface area contributed by atoms with Crippen LogP contribution in [-0.4, -0.2) is 35.3 Å². The number of rotatable bonds is 13. The summed E-state index contributed by atoms with van der Waals surface area (Å²) in [6.07, 6.45) is 3.32. The first-order chi connectivity index (χ1) is 17.5. The summed E-state index contributed by atoms with van der Waals surface area (Å²) in [5.41, 5.74) is 2.46. The molecule has 1 aromatic heterocycles. The minimum absolute atomic E-state index is 0.0156. The van der Waals surface area contributed by atoms with Gasteiger partial charge in [0, 0.05) is 6.54 Å². The van der Waals surface area contributed by atoms with Gasteiger partial charge in [0.25, 0.3) is 0 Å². The minimum atomic E-state index is -3.99. The van der Waals surface area contributed by atoms with Crippen LogP contribution in [0.25, 0.3) is 0 Å². The molecule has 1 heterocycles. The van der Waals surface area contributed by atoms with Gasteiger partial charge in [0.15, 0.2) is 0 Å². The highest BCUT2D eigenvalue weighted by atomic mass is 32.2. The summed E-state index contributed by atoms with van der Waals surface area (Å²) in [7, 11) is -3.99. The molecular weight excluding hydrogens is 493 g/mol. The van der Waals surface area contributed by atoms with Crippen molar-refractivity contribution < 1.29 is 22.7 Å². The molecule has 0 aliphatic heterocycles. The topological polar surface area (TPSA) is 99.6 Å². The number of halogens is 1. The normalized spacial score (nSPS) is 12.0. The van der Waals surface area contributed by atoms with Crippen LogP contribution < -0.4 is 5.32 Å². The van der Waals surface area contributed by atoms with E-state index in [9.17, 15) is 17.6 Å². The Labute approximate surface area is 218 Å². The van der Waals surface area contributed by atoms with Crippen LogP contribution in [0.5, 0.6) is 0 Å². The molecule has 9 heteroatoms. The molecule has 0 aliphatic rings. The third kappa shape index (κ3) is 7.84. The van der Waals surface area contributed by atoms with Gasteiger partial charge >= 0.3 is 5.97 Å². The fraction of sp³-hybridized carbons (Fsp3) is 0.357. The van der Waals surface area contributed by atoms with Crippen LogP contribution in [0, 0.1) is 5.82 Å². The van der Waals surface area contributed by atoms with Gasteiger partial charge in [0.05, 0.1) is 17.1 Å². The summed E-state index contributed by atoms with van der Waals surface area (Å²) in [5.74, 6) is -1.22. The molecule has 0 amide bonds. The van der Waals surface area contributed by atoms with Gasteiger partial charge in [0.2, 0.25) is 10.0 Å². The second kappa shape index (κ2) is 12.3. The van der Waals surface area contributed by atoms with Crippen molar-refractivity contribution in [3.63, 3.8) is 0 Å². The highest BCUT2D eigenvalue weighted by Gasteiger charge is 2.26. The Bertz CT molecular complexity index is 1290. The van der Waals surface area contributed by atoms with E-state index in [4.69, 9.17) is 5.11 Å². The quantitative estimate of drug-likeness (QED) is 0.301. The third-order valence-electron chi connectivity index (χ3n) is 6.27. The van der Waals surface area contributed by atoms with Gasteiger partial charge in [-0.25, -0.2) is 17.8 Å². The standard InChI is InChI=1S/C28H34FN3O4S/c1-4-5-17-28(2,3)22-11-9-21(10-12-22)19-32(37(35,36)25-15-13-23(29)14-16-25)20-24-7-6-8-26(31-24)30-18-27(33)34/h6-16H,4-5,17-20H2,1-3H3,(H,30,31)(H,33,34). The molecule has 2 N–H and O–H groups in total. The summed E-state index contributed by atoms with van der Waals surface area (Å²) >= 11 is 0. The zero-order chi connectivity index (χ0) is 27.1. The van der Waals surface area contributed by atoms with E-state index >= 15 is 0 Å². The largest absolute Gasteiger partial charge is 0.480 e. The fourth-order valence-electron chi connectivity index (χ4n) is 4.02. The third-order valence-corrected chi connectivity index (χ3v) is 8.07. The molecule has 3 rings (SSSR count). The summed E-state index contributed by atoms with van der Waals surface area (Å²) in [6.45, 7) is 6.31. The number of nitrogens with zero attached hydrogens (tertiary/aromatic N) is 2. The molecular formula is C28H34FN3O4S. The Morgan fingerprint density at radius 2 is 1.70 bits per heavy atom. The van der Waals surface area contributed by atoms with Gasteiger partial charge in [-0.1, -0.05) is 63.9 Å². The molecule has 37 heavy (non-hydrogen) atoms. The molecule has 0 saturated heterocycles. The molecule has 0 aliphatic carbocycles.